The molecule has 0 saturated heterocycles. The fourth-order valence-electron chi connectivity index (χ4n) is 1.80. The zero-order valence-corrected chi connectivity index (χ0v) is 13.8. The molecule has 0 saturated carbocycles. The Hall–Kier alpha value is -2.41. The number of nitrogens with two attached hydrogens (primary N) is 1. The van der Waals surface area contributed by atoms with Gasteiger partial charge in [-0.3, -0.25) is 4.79 Å². The zero-order valence-electron chi connectivity index (χ0n) is 12.2. The van der Waals surface area contributed by atoms with Gasteiger partial charge >= 0.3 is 5.97 Å². The van der Waals surface area contributed by atoms with E-state index in [0.29, 0.717) is 5.69 Å². The van der Waals surface area contributed by atoms with Crippen molar-refractivity contribution in [1.29, 1.82) is 0 Å². The van der Waals surface area contributed by atoms with E-state index in [9.17, 15) is 14.0 Å². The van der Waals surface area contributed by atoms with Gasteiger partial charge in [0.1, 0.15) is 5.82 Å². The number of nitrogen functional groups attached to an aromatic ring is 1. The molecule has 0 aromatic heterocycles. The van der Waals surface area contributed by atoms with Crippen LogP contribution in [0.5, 0.6) is 0 Å². The van der Waals surface area contributed by atoms with Gasteiger partial charge in [-0.1, -0.05) is 22.0 Å². The van der Waals surface area contributed by atoms with Crippen LogP contribution >= 0.6 is 15.9 Å². The molecule has 0 spiro atoms. The van der Waals surface area contributed by atoms with Crippen LogP contribution in [0.25, 0.3) is 0 Å². The lowest BCUT2D eigenvalue weighted by atomic mass is 10.2. The summed E-state index contributed by atoms with van der Waals surface area (Å²) in [5, 5.41) is 2.60. The quantitative estimate of drug-likeness (QED) is 0.629. The van der Waals surface area contributed by atoms with E-state index in [2.05, 4.69) is 21.2 Å². The molecule has 0 heterocycles. The molecule has 23 heavy (non-hydrogen) atoms. The maximum atomic E-state index is 12.9. The second-order valence-electron chi connectivity index (χ2n) is 4.82. The summed E-state index contributed by atoms with van der Waals surface area (Å²) in [5.41, 5.74) is 7.11. The minimum atomic E-state index is -0.789. The van der Waals surface area contributed by atoms with E-state index in [0.717, 1.165) is 22.2 Å². The number of anilines is 2. The van der Waals surface area contributed by atoms with Crippen molar-refractivity contribution in [3.63, 3.8) is 0 Å². The van der Waals surface area contributed by atoms with Crippen LogP contribution in [0.4, 0.5) is 15.8 Å². The molecule has 0 bridgehead atoms. The van der Waals surface area contributed by atoms with E-state index in [1.807, 2.05) is 13.0 Å². The lowest BCUT2D eigenvalue weighted by molar-refractivity contribution is -0.119. The number of aryl methyl sites for hydroxylation is 1. The first-order valence-corrected chi connectivity index (χ1v) is 7.44. The normalized spacial score (nSPS) is 10.2. The van der Waals surface area contributed by atoms with Crippen molar-refractivity contribution in [3.05, 3.63) is 57.8 Å². The number of ether oxygens (including phenoxy) is 1. The van der Waals surface area contributed by atoms with Crippen molar-refractivity contribution in [2.45, 2.75) is 6.92 Å². The number of amides is 1. The van der Waals surface area contributed by atoms with Crippen molar-refractivity contribution in [2.24, 2.45) is 0 Å². The Morgan fingerprint density at radius 2 is 2.00 bits per heavy atom. The number of hydrogen-bond donors (Lipinski definition) is 2. The Morgan fingerprint density at radius 1 is 1.26 bits per heavy atom. The van der Waals surface area contributed by atoms with Gasteiger partial charge < -0.3 is 15.8 Å². The Bertz CT molecular complexity index is 765. The van der Waals surface area contributed by atoms with E-state index in [1.54, 1.807) is 12.1 Å². The third kappa shape index (κ3) is 4.53. The topological polar surface area (TPSA) is 81.4 Å². The molecule has 0 unspecified atom stereocenters. The molecule has 5 nitrogen and oxygen atoms in total. The van der Waals surface area contributed by atoms with Gasteiger partial charge in [-0.15, -0.1) is 0 Å². The summed E-state index contributed by atoms with van der Waals surface area (Å²) in [6.45, 7) is 1.45. The van der Waals surface area contributed by atoms with Gasteiger partial charge in [0.15, 0.2) is 6.61 Å². The van der Waals surface area contributed by atoms with Gasteiger partial charge in [0, 0.05) is 15.8 Å². The molecule has 2 aromatic rings. The average Bonchev–Trinajstić information content (AvgIpc) is 2.48. The summed E-state index contributed by atoms with van der Waals surface area (Å²) in [6.07, 6.45) is 0. The lowest BCUT2D eigenvalue weighted by Gasteiger charge is -2.09. The summed E-state index contributed by atoms with van der Waals surface area (Å²) in [4.78, 5) is 23.6. The number of halogens is 2. The van der Waals surface area contributed by atoms with E-state index < -0.39 is 24.3 Å². The average molecular weight is 381 g/mol. The van der Waals surface area contributed by atoms with Gasteiger partial charge in [-0.05, 0) is 42.8 Å². The number of carbonyl (C=O) groups excluding carboxylic acids is 2. The van der Waals surface area contributed by atoms with Crippen LogP contribution in [-0.2, 0) is 9.53 Å². The highest BCUT2D eigenvalue weighted by Crippen LogP contribution is 2.20. The number of carbonyl (C=O) groups is 2. The van der Waals surface area contributed by atoms with Gasteiger partial charge in [-0.25, -0.2) is 9.18 Å². The molecule has 0 atom stereocenters. The van der Waals surface area contributed by atoms with Gasteiger partial charge in [0.25, 0.3) is 5.91 Å². The first kappa shape index (κ1) is 17.0. The SMILES string of the molecule is Cc1ccc(NC(=O)COC(=O)c2ccc(F)cc2N)cc1Br. The minimum Gasteiger partial charge on any atom is -0.452 e. The number of rotatable bonds is 4. The highest BCUT2D eigenvalue weighted by molar-refractivity contribution is 9.10. The molecule has 7 heteroatoms. The Morgan fingerprint density at radius 3 is 2.65 bits per heavy atom. The third-order valence-corrected chi connectivity index (χ3v) is 3.88. The van der Waals surface area contributed by atoms with Crippen molar-refractivity contribution in [3.8, 4) is 0 Å². The fourth-order valence-corrected chi connectivity index (χ4v) is 2.17. The van der Waals surface area contributed by atoms with E-state index in [4.69, 9.17) is 10.5 Å². The second-order valence-corrected chi connectivity index (χ2v) is 5.67. The largest absolute Gasteiger partial charge is 0.452 e. The van der Waals surface area contributed by atoms with E-state index in [1.165, 1.54) is 6.07 Å². The highest BCUT2D eigenvalue weighted by atomic mass is 79.9. The standard InChI is InChI=1S/C16H14BrFN2O3/c1-9-2-4-11(7-13(9)17)20-15(21)8-23-16(22)12-5-3-10(18)6-14(12)19/h2-7H,8,19H2,1H3,(H,20,21). The van der Waals surface area contributed by atoms with Crippen molar-refractivity contribution in [2.75, 3.05) is 17.7 Å². The maximum Gasteiger partial charge on any atom is 0.340 e. The van der Waals surface area contributed by atoms with Crippen LogP contribution in [0, 0.1) is 12.7 Å². The number of hydrogen-bond acceptors (Lipinski definition) is 4. The zero-order chi connectivity index (χ0) is 17.0. The first-order chi connectivity index (χ1) is 10.9. The molecule has 0 aliphatic carbocycles. The molecule has 0 aliphatic heterocycles. The lowest BCUT2D eigenvalue weighted by Crippen LogP contribution is -2.21. The van der Waals surface area contributed by atoms with Crippen LogP contribution < -0.4 is 11.1 Å². The summed E-state index contributed by atoms with van der Waals surface area (Å²) >= 11 is 3.36. The monoisotopic (exact) mass is 380 g/mol. The van der Waals surface area contributed by atoms with E-state index >= 15 is 0 Å². The maximum absolute atomic E-state index is 12.9. The predicted octanol–water partition coefficient (Wildman–Crippen LogP) is 3.27. The van der Waals surface area contributed by atoms with Crippen LogP contribution in [0.2, 0.25) is 0 Å². The van der Waals surface area contributed by atoms with Gasteiger partial charge in [0.05, 0.1) is 5.56 Å². The smallest absolute Gasteiger partial charge is 0.340 e. The van der Waals surface area contributed by atoms with E-state index in [-0.39, 0.29) is 11.3 Å². The van der Waals surface area contributed by atoms with Crippen molar-refractivity contribution in [1.82, 2.24) is 0 Å². The number of esters is 1. The van der Waals surface area contributed by atoms with Crippen LogP contribution in [0.1, 0.15) is 15.9 Å². The summed E-state index contributed by atoms with van der Waals surface area (Å²) in [7, 11) is 0. The molecular formula is C16H14BrFN2O3. The second kappa shape index (κ2) is 7.23. The predicted molar refractivity (Wildman–Crippen MR) is 88.6 cm³/mol. The minimum absolute atomic E-state index is 0.0114. The molecule has 0 fully saturated rings. The summed E-state index contributed by atoms with van der Waals surface area (Å²) in [5.74, 6) is -1.83. The third-order valence-electron chi connectivity index (χ3n) is 3.02. The summed E-state index contributed by atoms with van der Waals surface area (Å²) in [6, 6.07) is 8.63. The Labute approximate surface area is 140 Å². The van der Waals surface area contributed by atoms with Gasteiger partial charge in [0.2, 0.25) is 0 Å². The molecule has 3 N–H and O–H groups in total. The Balaban J connectivity index is 1.93. The molecule has 120 valence electrons. The molecule has 2 rings (SSSR count). The Kier molecular flexibility index (Phi) is 5.33. The molecule has 1 amide bonds. The van der Waals surface area contributed by atoms with Crippen molar-refractivity contribution < 1.29 is 18.7 Å². The van der Waals surface area contributed by atoms with Crippen LogP contribution in [0.3, 0.4) is 0 Å². The van der Waals surface area contributed by atoms with Crippen LogP contribution in [0.15, 0.2) is 40.9 Å². The molecule has 0 radical (unpaired) electrons. The molecule has 2 aromatic carbocycles. The number of nitrogens with one attached hydrogen (secondary N) is 1. The highest BCUT2D eigenvalue weighted by Gasteiger charge is 2.14. The fraction of sp³-hybridized carbons (Fsp3) is 0.125. The van der Waals surface area contributed by atoms with Crippen LogP contribution in [-0.4, -0.2) is 18.5 Å². The first-order valence-electron chi connectivity index (χ1n) is 6.65. The number of benzene rings is 2. The van der Waals surface area contributed by atoms with Crippen molar-refractivity contribution >= 4 is 39.2 Å². The molecular weight excluding hydrogens is 367 g/mol. The van der Waals surface area contributed by atoms with Gasteiger partial charge in [-0.2, -0.15) is 0 Å². The molecule has 0 aliphatic rings. The summed E-state index contributed by atoms with van der Waals surface area (Å²) < 4.78 is 18.7.